The number of rotatable bonds is 4. The van der Waals surface area contributed by atoms with Crippen LogP contribution in [0.15, 0.2) is 36.4 Å². The van der Waals surface area contributed by atoms with Crippen molar-refractivity contribution in [2.75, 3.05) is 5.32 Å². The number of aryl methyl sites for hydroxylation is 1. The van der Waals surface area contributed by atoms with E-state index in [1.807, 2.05) is 0 Å². The van der Waals surface area contributed by atoms with Crippen molar-refractivity contribution in [3.63, 3.8) is 0 Å². The third-order valence-corrected chi connectivity index (χ3v) is 5.29. The molecule has 0 aliphatic rings. The van der Waals surface area contributed by atoms with Gasteiger partial charge < -0.3 is 5.11 Å². The number of nitrogens with one attached hydrogen (secondary N) is 1. The van der Waals surface area contributed by atoms with Crippen molar-refractivity contribution in [1.29, 1.82) is 0 Å². The molecule has 0 atom stereocenters. The number of anilines is 1. The van der Waals surface area contributed by atoms with Crippen LogP contribution in [0.3, 0.4) is 0 Å². The van der Waals surface area contributed by atoms with Gasteiger partial charge in [0.05, 0.1) is 4.92 Å². The summed E-state index contributed by atoms with van der Waals surface area (Å²) < 4.78 is 28.4. The summed E-state index contributed by atoms with van der Waals surface area (Å²) in [6.45, 7) is 2.90. The first-order valence-electron chi connectivity index (χ1n) is 7.48. The second-order valence-corrected chi connectivity index (χ2v) is 8.78. The van der Waals surface area contributed by atoms with Gasteiger partial charge in [-0.1, -0.05) is 6.07 Å². The van der Waals surface area contributed by atoms with E-state index in [0.29, 0.717) is 5.56 Å². The molecule has 0 saturated heterocycles. The number of hydrogen-bond acceptors (Lipinski definition) is 6. The molecule has 0 aliphatic carbocycles. The predicted octanol–water partition coefficient (Wildman–Crippen LogP) is 0.513. The van der Waals surface area contributed by atoms with E-state index in [2.05, 4.69) is 5.32 Å². The molecule has 0 bridgehead atoms. The molecule has 0 fully saturated rings. The fraction of sp³-hybridized carbons (Fsp3) is 0.125. The maximum atomic E-state index is 11.0. The van der Waals surface area contributed by atoms with Gasteiger partial charge in [-0.2, -0.15) is 0 Å². The number of carboxylic acids is 1. The second-order valence-electron chi connectivity index (χ2n) is 5.48. The van der Waals surface area contributed by atoms with Crippen LogP contribution < -0.4 is 9.67 Å². The number of hydrogen-bond donors (Lipinski definition) is 5. The van der Waals surface area contributed by atoms with E-state index in [1.54, 1.807) is 6.92 Å². The quantitative estimate of drug-likeness (QED) is 0.189. The first-order chi connectivity index (χ1) is 12.8. The largest absolute Gasteiger partial charge is 0.477 e. The number of carboxylic acid groups (broad SMARTS) is 1. The number of phenolic OH excluding ortho intramolecular Hbond substituents is 1. The van der Waals surface area contributed by atoms with E-state index >= 15 is 0 Å². The summed E-state index contributed by atoms with van der Waals surface area (Å²) in [5.41, 5.74) is 0.00420. The van der Waals surface area contributed by atoms with Crippen LogP contribution in [-0.2, 0) is 8.53 Å². The Bertz CT molecular complexity index is 969. The number of carbonyl (C=O) groups is 2. The Morgan fingerprint density at radius 2 is 1.79 bits per heavy atom. The molecule has 0 aliphatic heterocycles. The minimum Gasteiger partial charge on any atom is -0.477 e. The normalized spacial score (nSPS) is 10.4. The number of phenols is 1. The predicted molar refractivity (Wildman–Crippen MR) is 97.7 cm³/mol. The molecule has 12 heteroatoms. The maximum Gasteiger partial charge on any atom is 0.342 e. The van der Waals surface area contributed by atoms with Gasteiger partial charge in [-0.3, -0.25) is 10.1 Å². The van der Waals surface area contributed by atoms with Gasteiger partial charge in [0.1, 0.15) is 5.56 Å². The number of nitro benzene ring substituents is 1. The molecular weight excluding hydrogens is 439 g/mol. The van der Waals surface area contributed by atoms with Crippen molar-refractivity contribution in [2.45, 2.75) is 13.8 Å². The van der Waals surface area contributed by atoms with Crippen LogP contribution in [0.4, 0.5) is 11.4 Å². The number of carbonyl (C=O) groups excluding carboxylic acids is 1. The number of para-hydroxylation sites is 1. The van der Waals surface area contributed by atoms with Gasteiger partial charge >= 0.3 is 94.1 Å². The van der Waals surface area contributed by atoms with Crippen LogP contribution >= 0.6 is 0 Å². The molecule has 0 spiro atoms. The third-order valence-electron chi connectivity index (χ3n) is 3.22. The number of nitrogens with zero attached hydrogens (tertiary/aromatic N) is 1. The first-order valence-corrected chi connectivity index (χ1v) is 10.9. The zero-order valence-electron chi connectivity index (χ0n) is 14.7. The van der Waals surface area contributed by atoms with Crippen LogP contribution in [0, 0.1) is 17.0 Å². The van der Waals surface area contributed by atoms with E-state index < -0.39 is 41.1 Å². The van der Waals surface area contributed by atoms with Gasteiger partial charge in [0, 0.05) is 6.07 Å². The zero-order valence-corrected chi connectivity index (χ0v) is 16.6. The molecule has 1 amide bonds. The summed E-state index contributed by atoms with van der Waals surface area (Å²) in [6.07, 6.45) is 0. The molecule has 0 heterocycles. The SMILES string of the molecule is CC(=O)Nc1cccc([As](=O)(O)O)c1O.Cc1ccc(C(=O)O)c([N+](=O)[O-])c1. The van der Waals surface area contributed by atoms with Crippen LogP contribution in [0.1, 0.15) is 22.8 Å². The van der Waals surface area contributed by atoms with Crippen molar-refractivity contribution in [3.8, 4) is 5.75 Å². The average molecular weight is 456 g/mol. The fourth-order valence-corrected chi connectivity index (χ4v) is 3.45. The second kappa shape index (κ2) is 9.18. The molecule has 2 aromatic rings. The van der Waals surface area contributed by atoms with E-state index in [-0.39, 0.29) is 16.9 Å². The molecule has 150 valence electrons. The number of aromatic carboxylic acids is 1. The summed E-state index contributed by atoms with van der Waals surface area (Å²) in [7, 11) is 0. The van der Waals surface area contributed by atoms with E-state index in [9.17, 15) is 28.5 Å². The maximum absolute atomic E-state index is 11.0. The monoisotopic (exact) mass is 456 g/mol. The van der Waals surface area contributed by atoms with Crippen molar-refractivity contribution in [1.82, 2.24) is 0 Å². The van der Waals surface area contributed by atoms with Crippen LogP contribution in [0.5, 0.6) is 5.75 Å². The first kappa shape index (κ1) is 22.9. The van der Waals surface area contributed by atoms with E-state index in [1.165, 1.54) is 37.3 Å². The van der Waals surface area contributed by atoms with Gasteiger partial charge in [0.15, 0.2) is 0 Å². The standard InChI is InChI=1S/C8H10AsNO5.C8H7NO4/c1-5(11)10-7-4-2-3-6(8(7)12)9(13,14)15;1-5-2-3-6(8(10)11)7(4-5)9(12)13/h2-4,12H,1H3,(H,10,11)(H2,13,14,15);2-4H,1H3,(H,10,11). The van der Waals surface area contributed by atoms with Gasteiger partial charge in [-0.25, -0.2) is 4.79 Å². The molecule has 11 nitrogen and oxygen atoms in total. The Kier molecular flexibility index (Phi) is 7.50. The Morgan fingerprint density at radius 1 is 1.18 bits per heavy atom. The molecule has 2 rings (SSSR count). The van der Waals surface area contributed by atoms with Crippen molar-refractivity contribution >= 4 is 41.8 Å². The fourth-order valence-electron chi connectivity index (χ4n) is 2.03. The molecular formula is C16H17AsN2O9. The number of aromatic hydroxyl groups is 1. The Morgan fingerprint density at radius 3 is 2.25 bits per heavy atom. The summed E-state index contributed by atoms with van der Waals surface area (Å²) >= 11 is -5.15. The molecule has 5 N–H and O–H groups in total. The summed E-state index contributed by atoms with van der Waals surface area (Å²) in [5, 5.41) is 30.8. The van der Waals surface area contributed by atoms with Crippen molar-refractivity contribution < 1.29 is 36.7 Å². The van der Waals surface area contributed by atoms with Crippen molar-refractivity contribution in [3.05, 3.63) is 57.6 Å². The Labute approximate surface area is 161 Å². The van der Waals surface area contributed by atoms with Gasteiger partial charge in [0.2, 0.25) is 0 Å². The molecule has 28 heavy (non-hydrogen) atoms. The average Bonchev–Trinajstić information content (AvgIpc) is 2.55. The molecule has 0 saturated carbocycles. The van der Waals surface area contributed by atoms with E-state index in [4.69, 9.17) is 13.3 Å². The van der Waals surface area contributed by atoms with Gasteiger partial charge in [-0.15, -0.1) is 0 Å². The Balaban J connectivity index is 0.000000283. The smallest absolute Gasteiger partial charge is 0.342 e. The van der Waals surface area contributed by atoms with E-state index in [0.717, 1.165) is 6.07 Å². The molecule has 0 unspecified atom stereocenters. The number of benzene rings is 2. The molecule has 0 radical (unpaired) electrons. The summed E-state index contributed by atoms with van der Waals surface area (Å²) in [5.74, 6) is -2.30. The Hall–Kier alpha value is -3.14. The third kappa shape index (κ3) is 6.23. The number of nitro groups is 1. The topological polar surface area (TPSA) is 187 Å². The van der Waals surface area contributed by atoms with Gasteiger partial charge in [-0.05, 0) is 18.6 Å². The minimum absolute atomic E-state index is 0.00951. The minimum atomic E-state index is -5.15. The van der Waals surface area contributed by atoms with Crippen LogP contribution in [0.25, 0.3) is 0 Å². The van der Waals surface area contributed by atoms with Crippen LogP contribution in [-0.4, -0.2) is 49.4 Å². The number of amides is 1. The van der Waals surface area contributed by atoms with Gasteiger partial charge in [0.25, 0.3) is 5.69 Å². The molecule has 0 aromatic heterocycles. The summed E-state index contributed by atoms with van der Waals surface area (Å²) in [4.78, 5) is 31.0. The molecule has 2 aromatic carbocycles. The summed E-state index contributed by atoms with van der Waals surface area (Å²) in [6, 6.07) is 7.82. The zero-order chi connectivity index (χ0) is 21.6. The van der Waals surface area contributed by atoms with Crippen molar-refractivity contribution in [2.24, 2.45) is 0 Å². The van der Waals surface area contributed by atoms with Crippen LogP contribution in [0.2, 0.25) is 0 Å².